The number of hydrogen-bond acceptors (Lipinski definition) is 5. The molecular formula is C29H29FN6O. The van der Waals surface area contributed by atoms with Crippen LogP contribution in [0.15, 0.2) is 72.9 Å². The maximum Gasteiger partial charge on any atom is 0.255 e. The number of halogens is 1. The van der Waals surface area contributed by atoms with Crippen molar-refractivity contribution in [2.45, 2.75) is 6.17 Å². The van der Waals surface area contributed by atoms with Crippen LogP contribution in [0.25, 0.3) is 22.4 Å². The molecule has 0 aliphatic carbocycles. The minimum absolute atomic E-state index is 0.146. The van der Waals surface area contributed by atoms with E-state index >= 15 is 4.39 Å². The van der Waals surface area contributed by atoms with Gasteiger partial charge in [-0.15, -0.1) is 0 Å². The van der Waals surface area contributed by atoms with Crippen molar-refractivity contribution < 1.29 is 9.18 Å². The van der Waals surface area contributed by atoms with Crippen molar-refractivity contribution in [2.75, 3.05) is 50.1 Å². The highest BCUT2D eigenvalue weighted by Crippen LogP contribution is 2.36. The second-order valence-corrected chi connectivity index (χ2v) is 9.74. The predicted octanol–water partition coefficient (Wildman–Crippen LogP) is 4.51. The Balaban J connectivity index is 1.26. The molecule has 1 fully saturated rings. The quantitative estimate of drug-likeness (QED) is 0.435. The van der Waals surface area contributed by atoms with Gasteiger partial charge in [-0.25, -0.2) is 4.39 Å². The molecule has 2 aliphatic heterocycles. The summed E-state index contributed by atoms with van der Waals surface area (Å²) in [6.07, 6.45) is 1.26. The lowest BCUT2D eigenvalue weighted by Gasteiger charge is -2.36. The van der Waals surface area contributed by atoms with Crippen LogP contribution in [0.4, 0.5) is 15.8 Å². The van der Waals surface area contributed by atoms with Crippen LogP contribution in [0.2, 0.25) is 0 Å². The Bertz CT molecular complexity index is 1440. The van der Waals surface area contributed by atoms with Gasteiger partial charge in [-0.3, -0.25) is 9.89 Å². The summed E-state index contributed by atoms with van der Waals surface area (Å²) in [5, 5.41) is 10.3. The Labute approximate surface area is 215 Å². The fourth-order valence-electron chi connectivity index (χ4n) is 5.25. The van der Waals surface area contributed by atoms with Crippen LogP contribution in [-0.4, -0.2) is 61.3 Å². The third-order valence-electron chi connectivity index (χ3n) is 7.45. The first-order valence-electron chi connectivity index (χ1n) is 12.5. The highest BCUT2D eigenvalue weighted by Gasteiger charge is 2.31. The maximum atomic E-state index is 15.4. The molecule has 6 rings (SSSR count). The Morgan fingerprint density at radius 3 is 2.38 bits per heavy atom. The third kappa shape index (κ3) is 4.23. The standard InChI is InChI=1S/C29H29FN6O/c1-34-13-15-36(16-14-34)21-10-7-19(8-11-21)22-12-9-20(17-25(22)30)27-24(18-31-33-27)28-32-29(37)23-5-3-4-6-26(23)35(28)2/h3-12,17-18,28H,13-16H2,1-2H3,(H,31,33)(H,32,37). The summed E-state index contributed by atoms with van der Waals surface area (Å²) in [7, 11) is 4.07. The monoisotopic (exact) mass is 496 g/mol. The van der Waals surface area contributed by atoms with Gasteiger partial charge in [0.05, 0.1) is 23.1 Å². The molecule has 1 amide bonds. The average Bonchev–Trinajstić information content (AvgIpc) is 3.41. The molecule has 4 aromatic rings. The molecule has 3 heterocycles. The number of amides is 1. The summed E-state index contributed by atoms with van der Waals surface area (Å²) >= 11 is 0. The smallest absolute Gasteiger partial charge is 0.255 e. The molecule has 3 aromatic carbocycles. The van der Waals surface area contributed by atoms with E-state index in [1.165, 1.54) is 6.07 Å². The van der Waals surface area contributed by atoms with Crippen molar-refractivity contribution in [3.63, 3.8) is 0 Å². The Morgan fingerprint density at radius 2 is 1.62 bits per heavy atom. The first-order chi connectivity index (χ1) is 18.0. The molecule has 8 heteroatoms. The van der Waals surface area contributed by atoms with E-state index in [-0.39, 0.29) is 11.7 Å². The number of para-hydroxylation sites is 1. The fraction of sp³-hybridized carbons (Fsp3) is 0.241. The van der Waals surface area contributed by atoms with Crippen molar-refractivity contribution in [1.29, 1.82) is 0 Å². The fourth-order valence-corrected chi connectivity index (χ4v) is 5.25. The molecule has 188 valence electrons. The van der Waals surface area contributed by atoms with Crippen molar-refractivity contribution >= 4 is 17.3 Å². The van der Waals surface area contributed by atoms with Crippen LogP contribution in [-0.2, 0) is 0 Å². The van der Waals surface area contributed by atoms with Gasteiger partial charge in [-0.05, 0) is 42.9 Å². The number of likely N-dealkylation sites (N-methyl/N-ethyl adjacent to an activating group) is 1. The molecule has 2 N–H and O–H groups in total. The van der Waals surface area contributed by atoms with Gasteiger partial charge >= 0.3 is 0 Å². The third-order valence-corrected chi connectivity index (χ3v) is 7.45. The molecule has 0 spiro atoms. The lowest BCUT2D eigenvalue weighted by atomic mass is 9.98. The van der Waals surface area contributed by atoms with Crippen LogP contribution in [0.5, 0.6) is 0 Å². The van der Waals surface area contributed by atoms with Crippen molar-refractivity contribution in [3.8, 4) is 22.4 Å². The van der Waals surface area contributed by atoms with Gasteiger partial charge in [0.25, 0.3) is 5.91 Å². The van der Waals surface area contributed by atoms with Gasteiger partial charge < -0.3 is 20.0 Å². The molecule has 1 atom stereocenters. The zero-order chi connectivity index (χ0) is 25.5. The van der Waals surface area contributed by atoms with E-state index < -0.39 is 6.17 Å². The van der Waals surface area contributed by atoms with E-state index in [1.807, 2.05) is 48.3 Å². The number of aromatic nitrogens is 2. The molecule has 1 aromatic heterocycles. The first kappa shape index (κ1) is 23.2. The van der Waals surface area contributed by atoms with Crippen LogP contribution in [0, 0.1) is 5.82 Å². The number of H-pyrrole nitrogens is 1. The number of carbonyl (C=O) groups excluding carboxylic acids is 1. The highest BCUT2D eigenvalue weighted by atomic mass is 19.1. The molecule has 1 saturated heterocycles. The SMILES string of the molecule is CN1CCN(c2ccc(-c3ccc(-c4[nH]ncc4C4NC(=O)c5ccccc5N4C)cc3F)cc2)CC1. The van der Waals surface area contributed by atoms with E-state index in [0.717, 1.165) is 48.7 Å². The molecule has 2 aliphatic rings. The van der Waals surface area contributed by atoms with Gasteiger partial charge in [0.15, 0.2) is 0 Å². The van der Waals surface area contributed by atoms with Crippen LogP contribution in [0.3, 0.4) is 0 Å². The molecule has 1 unspecified atom stereocenters. The van der Waals surface area contributed by atoms with E-state index in [2.05, 4.69) is 44.5 Å². The molecule has 0 saturated carbocycles. The second-order valence-electron chi connectivity index (χ2n) is 9.74. The van der Waals surface area contributed by atoms with Gasteiger partial charge in [0, 0.05) is 55.6 Å². The zero-order valence-electron chi connectivity index (χ0n) is 20.9. The summed E-state index contributed by atoms with van der Waals surface area (Å²) in [6.45, 7) is 4.07. The van der Waals surface area contributed by atoms with E-state index in [9.17, 15) is 4.79 Å². The topological polar surface area (TPSA) is 67.5 Å². The lowest BCUT2D eigenvalue weighted by molar-refractivity contribution is 0.0928. The number of aromatic amines is 1. The van der Waals surface area contributed by atoms with Gasteiger partial charge in [-0.2, -0.15) is 5.10 Å². The second kappa shape index (κ2) is 9.37. The molecule has 0 bridgehead atoms. The number of anilines is 2. The lowest BCUT2D eigenvalue weighted by Crippen LogP contribution is -2.44. The number of nitrogens with one attached hydrogen (secondary N) is 2. The summed E-state index contributed by atoms with van der Waals surface area (Å²) in [4.78, 5) is 19.4. The minimum Gasteiger partial charge on any atom is -0.369 e. The number of nitrogens with zero attached hydrogens (tertiary/aromatic N) is 4. The largest absolute Gasteiger partial charge is 0.369 e. The summed E-state index contributed by atoms with van der Waals surface area (Å²) < 4.78 is 15.4. The Morgan fingerprint density at radius 1 is 0.892 bits per heavy atom. The van der Waals surface area contributed by atoms with Crippen molar-refractivity contribution in [3.05, 3.63) is 89.9 Å². The van der Waals surface area contributed by atoms with Crippen molar-refractivity contribution in [2.24, 2.45) is 0 Å². The molecule has 7 nitrogen and oxygen atoms in total. The normalized spacial score (nSPS) is 18.0. The summed E-state index contributed by atoms with van der Waals surface area (Å²) in [5.41, 5.74) is 6.13. The molecule has 37 heavy (non-hydrogen) atoms. The molecule has 0 radical (unpaired) electrons. The minimum atomic E-state index is -0.430. The van der Waals surface area contributed by atoms with Gasteiger partial charge in [-0.1, -0.05) is 36.4 Å². The summed E-state index contributed by atoms with van der Waals surface area (Å²) in [5.74, 6) is -0.454. The zero-order valence-corrected chi connectivity index (χ0v) is 20.9. The van der Waals surface area contributed by atoms with Gasteiger partial charge in [0.1, 0.15) is 12.0 Å². The van der Waals surface area contributed by atoms with Crippen LogP contribution in [0.1, 0.15) is 22.1 Å². The number of hydrogen-bond donors (Lipinski definition) is 2. The maximum absolute atomic E-state index is 15.4. The first-order valence-corrected chi connectivity index (χ1v) is 12.5. The summed E-state index contributed by atoms with van der Waals surface area (Å²) in [6, 6.07) is 20.8. The highest BCUT2D eigenvalue weighted by molar-refractivity contribution is 6.02. The van der Waals surface area contributed by atoms with E-state index in [4.69, 9.17) is 0 Å². The van der Waals surface area contributed by atoms with Crippen LogP contribution < -0.4 is 15.1 Å². The number of piperazine rings is 1. The van der Waals surface area contributed by atoms with E-state index in [0.29, 0.717) is 22.4 Å². The number of benzene rings is 3. The Kier molecular flexibility index (Phi) is 5.88. The van der Waals surface area contributed by atoms with Gasteiger partial charge in [0.2, 0.25) is 0 Å². The van der Waals surface area contributed by atoms with E-state index in [1.54, 1.807) is 18.3 Å². The number of fused-ring (bicyclic) bond motifs is 1. The van der Waals surface area contributed by atoms with Crippen LogP contribution >= 0.6 is 0 Å². The predicted molar refractivity (Wildman–Crippen MR) is 144 cm³/mol. The molecular weight excluding hydrogens is 467 g/mol. The number of rotatable bonds is 4. The van der Waals surface area contributed by atoms with Crippen molar-refractivity contribution in [1.82, 2.24) is 20.4 Å². The number of carbonyl (C=O) groups is 1. The average molecular weight is 497 g/mol. The Hall–Kier alpha value is -4.17.